The highest BCUT2D eigenvalue weighted by Crippen LogP contribution is 2.43. The van der Waals surface area contributed by atoms with E-state index in [9.17, 15) is 5.11 Å². The lowest BCUT2D eigenvalue weighted by atomic mass is 9.73. The minimum Gasteiger partial charge on any atom is -0.388 e. The van der Waals surface area contributed by atoms with Crippen LogP contribution in [-0.2, 0) is 6.42 Å². The van der Waals surface area contributed by atoms with Crippen LogP contribution in [0, 0.1) is 0 Å². The van der Waals surface area contributed by atoms with Crippen LogP contribution in [0.1, 0.15) is 28.7 Å². The van der Waals surface area contributed by atoms with Crippen LogP contribution in [0.15, 0.2) is 42.5 Å². The summed E-state index contributed by atoms with van der Waals surface area (Å²) in [6.07, 6.45) is 0.395. The summed E-state index contributed by atoms with van der Waals surface area (Å²) in [5.74, 6) is 0.165. The Hall–Kier alpha value is -1.02. The van der Waals surface area contributed by atoms with Crippen LogP contribution in [0.5, 0.6) is 0 Å². The predicted molar refractivity (Wildman–Crippen MR) is 74.3 cm³/mol. The smallest absolute Gasteiger partial charge is 0.0862 e. The lowest BCUT2D eigenvalue weighted by Crippen LogP contribution is -2.23. The second-order valence-corrected chi connectivity index (χ2v) is 5.44. The van der Waals surface area contributed by atoms with Gasteiger partial charge in [-0.05, 0) is 35.2 Å². The molecule has 1 N–H and O–H groups in total. The van der Waals surface area contributed by atoms with Crippen molar-refractivity contribution < 1.29 is 5.11 Å². The van der Waals surface area contributed by atoms with E-state index in [-0.39, 0.29) is 5.92 Å². The predicted octanol–water partition coefficient (Wildman–Crippen LogP) is 4.37. The van der Waals surface area contributed by atoms with E-state index in [0.29, 0.717) is 10.0 Å². The van der Waals surface area contributed by atoms with E-state index >= 15 is 0 Å². The molecule has 92 valence electrons. The quantitative estimate of drug-likeness (QED) is 0.865. The topological polar surface area (TPSA) is 20.2 Å². The molecule has 2 atom stereocenters. The largest absolute Gasteiger partial charge is 0.388 e. The van der Waals surface area contributed by atoms with Crippen molar-refractivity contribution in [3.8, 4) is 0 Å². The van der Waals surface area contributed by atoms with Crippen molar-refractivity contribution in [1.82, 2.24) is 0 Å². The van der Waals surface area contributed by atoms with Gasteiger partial charge in [-0.3, -0.25) is 0 Å². The first-order valence-corrected chi connectivity index (χ1v) is 6.63. The average molecular weight is 279 g/mol. The Bertz CT molecular complexity index is 595. The lowest BCUT2D eigenvalue weighted by molar-refractivity contribution is 0.134. The molecule has 3 heteroatoms. The first kappa shape index (κ1) is 12.0. The second-order valence-electron chi connectivity index (χ2n) is 4.63. The maximum atomic E-state index is 10.4. The molecule has 2 aromatic rings. The molecular formula is C15H12Cl2O. The highest BCUT2D eigenvalue weighted by atomic mass is 35.5. The van der Waals surface area contributed by atoms with Crippen LogP contribution < -0.4 is 0 Å². The first-order valence-electron chi connectivity index (χ1n) is 5.87. The van der Waals surface area contributed by atoms with Gasteiger partial charge in [0.1, 0.15) is 0 Å². The van der Waals surface area contributed by atoms with Gasteiger partial charge in [0.2, 0.25) is 0 Å². The summed E-state index contributed by atoms with van der Waals surface area (Å²) in [6.45, 7) is 0. The van der Waals surface area contributed by atoms with E-state index < -0.39 is 6.10 Å². The van der Waals surface area contributed by atoms with Gasteiger partial charge in [0.15, 0.2) is 0 Å². The highest BCUT2D eigenvalue weighted by molar-refractivity contribution is 6.42. The van der Waals surface area contributed by atoms with Gasteiger partial charge in [-0.15, -0.1) is 0 Å². The van der Waals surface area contributed by atoms with Crippen LogP contribution in [0.4, 0.5) is 0 Å². The van der Waals surface area contributed by atoms with Gasteiger partial charge in [0.05, 0.1) is 16.1 Å². The molecule has 1 aliphatic rings. The summed E-state index contributed by atoms with van der Waals surface area (Å²) in [6, 6.07) is 13.5. The van der Waals surface area contributed by atoms with Crippen molar-refractivity contribution in [2.45, 2.75) is 18.4 Å². The SMILES string of the molecule is OC(c1ccc(Cl)c(Cl)c1)C1Cc2ccccc21. The summed E-state index contributed by atoms with van der Waals surface area (Å²) < 4.78 is 0. The molecule has 0 aromatic heterocycles. The normalized spacial score (nSPS) is 18.9. The fourth-order valence-corrected chi connectivity index (χ4v) is 2.81. The Balaban J connectivity index is 1.88. The Morgan fingerprint density at radius 1 is 1.06 bits per heavy atom. The highest BCUT2D eigenvalue weighted by Gasteiger charge is 2.32. The Labute approximate surface area is 116 Å². The fraction of sp³-hybridized carbons (Fsp3) is 0.200. The zero-order valence-electron chi connectivity index (χ0n) is 9.61. The van der Waals surface area contributed by atoms with Crippen molar-refractivity contribution in [3.63, 3.8) is 0 Å². The van der Waals surface area contributed by atoms with Crippen LogP contribution in [0.25, 0.3) is 0 Å². The van der Waals surface area contributed by atoms with E-state index in [1.165, 1.54) is 11.1 Å². The molecule has 18 heavy (non-hydrogen) atoms. The van der Waals surface area contributed by atoms with Gasteiger partial charge in [-0.25, -0.2) is 0 Å². The zero-order valence-corrected chi connectivity index (χ0v) is 11.1. The maximum Gasteiger partial charge on any atom is 0.0862 e. The van der Waals surface area contributed by atoms with Crippen LogP contribution in [-0.4, -0.2) is 5.11 Å². The van der Waals surface area contributed by atoms with E-state index in [1.54, 1.807) is 12.1 Å². The van der Waals surface area contributed by atoms with Crippen LogP contribution in [0.2, 0.25) is 10.0 Å². The van der Waals surface area contributed by atoms with Gasteiger partial charge in [0, 0.05) is 5.92 Å². The van der Waals surface area contributed by atoms with Crippen molar-refractivity contribution in [2.24, 2.45) is 0 Å². The maximum absolute atomic E-state index is 10.4. The van der Waals surface area contributed by atoms with Crippen molar-refractivity contribution >= 4 is 23.2 Å². The van der Waals surface area contributed by atoms with Gasteiger partial charge >= 0.3 is 0 Å². The number of hydrogen-bond donors (Lipinski definition) is 1. The number of aliphatic hydroxyl groups is 1. The molecule has 0 aliphatic heterocycles. The van der Waals surface area contributed by atoms with E-state index in [1.807, 2.05) is 18.2 Å². The number of halogens is 2. The molecule has 0 fully saturated rings. The van der Waals surface area contributed by atoms with Crippen molar-refractivity contribution in [3.05, 3.63) is 69.2 Å². The first-order chi connectivity index (χ1) is 8.66. The molecule has 3 rings (SSSR count). The van der Waals surface area contributed by atoms with Gasteiger partial charge in [0.25, 0.3) is 0 Å². The Morgan fingerprint density at radius 3 is 2.56 bits per heavy atom. The molecule has 2 aromatic carbocycles. The van der Waals surface area contributed by atoms with Crippen molar-refractivity contribution in [2.75, 3.05) is 0 Å². The third-order valence-electron chi connectivity index (χ3n) is 3.56. The number of hydrogen-bond acceptors (Lipinski definition) is 1. The molecule has 0 spiro atoms. The Kier molecular flexibility index (Phi) is 3.06. The third kappa shape index (κ3) is 1.93. The molecule has 1 aliphatic carbocycles. The van der Waals surface area contributed by atoms with E-state index in [0.717, 1.165) is 12.0 Å². The molecule has 0 amide bonds. The molecule has 0 radical (unpaired) electrons. The standard InChI is InChI=1S/C15H12Cl2O/c16-13-6-5-10(8-14(13)17)15(18)12-7-9-3-1-2-4-11(9)12/h1-6,8,12,15,18H,7H2. The van der Waals surface area contributed by atoms with Crippen LogP contribution in [0.3, 0.4) is 0 Å². The summed E-state index contributed by atoms with van der Waals surface area (Å²) in [7, 11) is 0. The molecule has 0 heterocycles. The van der Waals surface area contributed by atoms with Gasteiger partial charge in [-0.1, -0.05) is 53.5 Å². The summed E-state index contributed by atoms with van der Waals surface area (Å²) in [4.78, 5) is 0. The summed E-state index contributed by atoms with van der Waals surface area (Å²) >= 11 is 11.9. The van der Waals surface area contributed by atoms with Crippen LogP contribution >= 0.6 is 23.2 Å². The van der Waals surface area contributed by atoms with Gasteiger partial charge in [-0.2, -0.15) is 0 Å². The van der Waals surface area contributed by atoms with E-state index in [2.05, 4.69) is 12.1 Å². The minimum atomic E-state index is -0.519. The fourth-order valence-electron chi connectivity index (χ4n) is 2.51. The molecule has 2 unspecified atom stereocenters. The second kappa shape index (κ2) is 4.58. The molecular weight excluding hydrogens is 267 g/mol. The molecule has 1 nitrogen and oxygen atoms in total. The number of aliphatic hydroxyl groups excluding tert-OH is 1. The lowest BCUT2D eigenvalue weighted by Gasteiger charge is -2.34. The van der Waals surface area contributed by atoms with E-state index in [4.69, 9.17) is 23.2 Å². The van der Waals surface area contributed by atoms with Gasteiger partial charge < -0.3 is 5.11 Å². The number of fused-ring (bicyclic) bond motifs is 1. The zero-order chi connectivity index (χ0) is 12.7. The summed E-state index contributed by atoms with van der Waals surface area (Å²) in [5.41, 5.74) is 3.38. The molecule has 0 saturated carbocycles. The number of rotatable bonds is 2. The molecule has 0 saturated heterocycles. The Morgan fingerprint density at radius 2 is 1.83 bits per heavy atom. The monoisotopic (exact) mass is 278 g/mol. The number of benzene rings is 2. The summed E-state index contributed by atoms with van der Waals surface area (Å²) in [5, 5.41) is 11.4. The van der Waals surface area contributed by atoms with Crippen molar-refractivity contribution in [1.29, 1.82) is 0 Å². The minimum absolute atomic E-state index is 0.165. The third-order valence-corrected chi connectivity index (χ3v) is 4.30. The molecule has 0 bridgehead atoms. The average Bonchev–Trinajstić information content (AvgIpc) is 2.34.